The van der Waals surface area contributed by atoms with Gasteiger partial charge in [-0.15, -0.1) is 0 Å². The Bertz CT molecular complexity index is 960. The Kier molecular flexibility index (Phi) is 6.05. The summed E-state index contributed by atoms with van der Waals surface area (Å²) in [5.41, 5.74) is 5.66. The van der Waals surface area contributed by atoms with Crippen molar-refractivity contribution < 1.29 is 14.0 Å². The molecule has 1 aromatic carbocycles. The number of aryl methyl sites for hydroxylation is 1. The van der Waals surface area contributed by atoms with Crippen LogP contribution in [0.3, 0.4) is 0 Å². The van der Waals surface area contributed by atoms with Crippen LogP contribution in [0.4, 0.5) is 0 Å². The predicted octanol–water partition coefficient (Wildman–Crippen LogP) is 3.44. The number of carbonyl (C=O) groups excluding carboxylic acids is 2. The summed E-state index contributed by atoms with van der Waals surface area (Å²) >= 11 is 12.0. The third kappa shape index (κ3) is 5.06. The number of amides is 2. The molecule has 2 aromatic heterocycles. The molecule has 2 heterocycles. The molecule has 3 rings (SSSR count). The molecule has 0 fully saturated rings. The molecule has 0 aliphatic heterocycles. The van der Waals surface area contributed by atoms with Gasteiger partial charge in [0.15, 0.2) is 11.7 Å². The molecule has 0 aliphatic rings. The van der Waals surface area contributed by atoms with E-state index in [1.165, 1.54) is 12.4 Å². The van der Waals surface area contributed by atoms with E-state index < -0.39 is 5.91 Å². The molecule has 9 heteroatoms. The summed E-state index contributed by atoms with van der Waals surface area (Å²) < 4.78 is 5.62. The molecule has 2 N–H and O–H groups in total. The largest absolute Gasteiger partial charge is 0.441 e. The number of aromatic nitrogens is 2. The van der Waals surface area contributed by atoms with Gasteiger partial charge in [-0.2, -0.15) is 0 Å². The van der Waals surface area contributed by atoms with Crippen LogP contribution in [0.15, 0.2) is 53.3 Å². The number of benzene rings is 1. The van der Waals surface area contributed by atoms with E-state index in [4.69, 9.17) is 27.6 Å². The minimum absolute atomic E-state index is 0.0849. The van der Waals surface area contributed by atoms with E-state index in [1.807, 2.05) is 0 Å². The summed E-state index contributed by atoms with van der Waals surface area (Å²) in [4.78, 5) is 31.7. The molecule has 0 spiro atoms. The van der Waals surface area contributed by atoms with E-state index in [-0.39, 0.29) is 18.7 Å². The van der Waals surface area contributed by atoms with Crippen LogP contribution in [-0.4, -0.2) is 21.8 Å². The van der Waals surface area contributed by atoms with E-state index in [2.05, 4.69) is 20.8 Å². The zero-order valence-electron chi connectivity index (χ0n) is 13.9. The molecule has 0 unspecified atom stereocenters. The zero-order chi connectivity index (χ0) is 19.2. The molecule has 0 radical (unpaired) electrons. The summed E-state index contributed by atoms with van der Waals surface area (Å²) in [5, 5.41) is 0.967. The molecule has 0 saturated carbocycles. The number of halogens is 2. The maximum Gasteiger partial charge on any atom is 0.271 e. The van der Waals surface area contributed by atoms with Gasteiger partial charge in [-0.25, -0.2) is 4.98 Å². The van der Waals surface area contributed by atoms with Crippen LogP contribution in [0.1, 0.15) is 22.7 Å². The van der Waals surface area contributed by atoms with Gasteiger partial charge in [-0.3, -0.25) is 25.4 Å². The number of hydrazine groups is 1. The third-order valence-electron chi connectivity index (χ3n) is 3.56. The molecular formula is C18H14Cl2N4O3. The van der Waals surface area contributed by atoms with E-state index in [1.54, 1.807) is 36.5 Å². The fourth-order valence-corrected chi connectivity index (χ4v) is 2.72. The number of nitrogens with zero attached hydrogens (tertiary/aromatic N) is 2. The van der Waals surface area contributed by atoms with Gasteiger partial charge in [0.2, 0.25) is 5.91 Å². The number of hydrogen-bond acceptors (Lipinski definition) is 5. The van der Waals surface area contributed by atoms with Crippen LogP contribution in [0.2, 0.25) is 10.0 Å². The second kappa shape index (κ2) is 8.66. The Balaban J connectivity index is 1.51. The number of pyridine rings is 1. The topological polar surface area (TPSA) is 97.1 Å². The normalized spacial score (nSPS) is 10.4. The smallest absolute Gasteiger partial charge is 0.271 e. The number of hydrogen-bond donors (Lipinski definition) is 2. The molecular weight excluding hydrogens is 391 g/mol. The lowest BCUT2D eigenvalue weighted by molar-refractivity contribution is -0.121. The van der Waals surface area contributed by atoms with Crippen molar-refractivity contribution in [1.29, 1.82) is 0 Å². The first-order chi connectivity index (χ1) is 13.0. The Hall–Kier alpha value is -2.90. The van der Waals surface area contributed by atoms with Gasteiger partial charge < -0.3 is 4.42 Å². The van der Waals surface area contributed by atoms with Crippen molar-refractivity contribution in [3.05, 3.63) is 70.4 Å². The van der Waals surface area contributed by atoms with Crippen molar-refractivity contribution in [3.63, 3.8) is 0 Å². The predicted molar refractivity (Wildman–Crippen MR) is 100 cm³/mol. The van der Waals surface area contributed by atoms with Crippen molar-refractivity contribution in [2.75, 3.05) is 0 Å². The maximum atomic E-state index is 11.9. The van der Waals surface area contributed by atoms with Gasteiger partial charge in [0, 0.05) is 35.8 Å². The average Bonchev–Trinajstić information content (AvgIpc) is 3.14. The Morgan fingerprint density at radius 1 is 1.11 bits per heavy atom. The second-order valence-electron chi connectivity index (χ2n) is 5.49. The highest BCUT2D eigenvalue weighted by atomic mass is 35.5. The summed E-state index contributed by atoms with van der Waals surface area (Å²) in [6, 6.07) is 8.26. The van der Waals surface area contributed by atoms with Crippen LogP contribution in [0, 0.1) is 0 Å². The molecule has 7 nitrogen and oxygen atoms in total. The average molecular weight is 405 g/mol. The monoisotopic (exact) mass is 404 g/mol. The van der Waals surface area contributed by atoms with Crippen LogP contribution in [0.25, 0.3) is 11.3 Å². The van der Waals surface area contributed by atoms with Gasteiger partial charge in [0.1, 0.15) is 0 Å². The first kappa shape index (κ1) is 18.9. The Morgan fingerprint density at radius 3 is 2.70 bits per heavy atom. The van der Waals surface area contributed by atoms with Crippen LogP contribution in [0.5, 0.6) is 0 Å². The van der Waals surface area contributed by atoms with Crippen LogP contribution < -0.4 is 10.9 Å². The molecule has 2 amide bonds. The Morgan fingerprint density at radius 2 is 1.96 bits per heavy atom. The summed E-state index contributed by atoms with van der Waals surface area (Å²) in [7, 11) is 0. The summed E-state index contributed by atoms with van der Waals surface area (Å²) in [6.07, 6.45) is 4.84. The van der Waals surface area contributed by atoms with Crippen molar-refractivity contribution in [2.24, 2.45) is 0 Å². The number of carbonyl (C=O) groups is 2. The third-order valence-corrected chi connectivity index (χ3v) is 4.10. The van der Waals surface area contributed by atoms with E-state index in [0.29, 0.717) is 32.8 Å². The SMILES string of the molecule is O=C(CCc1ncc(-c2ccc(Cl)cc2Cl)o1)NNC(=O)c1cccnc1. The van der Waals surface area contributed by atoms with Gasteiger partial charge >= 0.3 is 0 Å². The fraction of sp³-hybridized carbons (Fsp3) is 0.111. The van der Waals surface area contributed by atoms with E-state index in [0.717, 1.165) is 0 Å². The van der Waals surface area contributed by atoms with Crippen molar-refractivity contribution in [2.45, 2.75) is 12.8 Å². The highest BCUT2D eigenvalue weighted by Crippen LogP contribution is 2.30. The standard InChI is InChI=1S/C18H14Cl2N4O3/c19-12-3-4-13(14(20)8-12)15-10-22-17(27-15)6-5-16(25)23-24-18(26)11-2-1-7-21-9-11/h1-4,7-10H,5-6H2,(H,23,25)(H,24,26). The quantitative estimate of drug-likeness (QED) is 0.634. The molecule has 0 saturated heterocycles. The molecule has 0 bridgehead atoms. The first-order valence-electron chi connectivity index (χ1n) is 7.92. The lowest BCUT2D eigenvalue weighted by Gasteiger charge is -2.06. The van der Waals surface area contributed by atoms with E-state index in [9.17, 15) is 9.59 Å². The van der Waals surface area contributed by atoms with Gasteiger partial charge in [0.25, 0.3) is 5.91 Å². The minimum atomic E-state index is -0.452. The van der Waals surface area contributed by atoms with Crippen molar-refractivity contribution >= 4 is 35.0 Å². The zero-order valence-corrected chi connectivity index (χ0v) is 15.4. The highest BCUT2D eigenvalue weighted by Gasteiger charge is 2.12. The molecule has 0 atom stereocenters. The number of rotatable bonds is 5. The molecule has 3 aromatic rings. The number of nitrogens with one attached hydrogen (secondary N) is 2. The van der Waals surface area contributed by atoms with Gasteiger partial charge in [0.05, 0.1) is 16.8 Å². The summed E-state index contributed by atoms with van der Waals surface area (Å²) in [5.74, 6) is 0.0328. The lowest BCUT2D eigenvalue weighted by Crippen LogP contribution is -2.41. The van der Waals surface area contributed by atoms with Crippen molar-refractivity contribution in [1.82, 2.24) is 20.8 Å². The van der Waals surface area contributed by atoms with Gasteiger partial charge in [-0.1, -0.05) is 23.2 Å². The summed E-state index contributed by atoms with van der Waals surface area (Å²) in [6.45, 7) is 0. The number of oxazole rings is 1. The highest BCUT2D eigenvalue weighted by molar-refractivity contribution is 6.36. The fourth-order valence-electron chi connectivity index (χ4n) is 2.22. The van der Waals surface area contributed by atoms with Crippen LogP contribution >= 0.6 is 23.2 Å². The molecule has 138 valence electrons. The first-order valence-corrected chi connectivity index (χ1v) is 8.68. The van der Waals surface area contributed by atoms with Crippen LogP contribution in [-0.2, 0) is 11.2 Å². The van der Waals surface area contributed by atoms with E-state index >= 15 is 0 Å². The van der Waals surface area contributed by atoms with Crippen molar-refractivity contribution in [3.8, 4) is 11.3 Å². The molecule has 27 heavy (non-hydrogen) atoms. The second-order valence-corrected chi connectivity index (χ2v) is 6.33. The minimum Gasteiger partial charge on any atom is -0.441 e. The lowest BCUT2D eigenvalue weighted by atomic mass is 10.2. The maximum absolute atomic E-state index is 11.9. The van der Waals surface area contributed by atoms with Gasteiger partial charge in [-0.05, 0) is 30.3 Å². The Labute approximate surface area is 164 Å². The molecule has 0 aliphatic carbocycles.